The van der Waals surface area contributed by atoms with Gasteiger partial charge >= 0.3 is 0 Å². The Morgan fingerprint density at radius 1 is 1.04 bits per heavy atom. The van der Waals surface area contributed by atoms with E-state index in [-0.39, 0.29) is 5.75 Å². The number of sulfone groups is 1. The van der Waals surface area contributed by atoms with E-state index in [0.29, 0.717) is 12.2 Å². The zero-order valence-electron chi connectivity index (χ0n) is 15.6. The van der Waals surface area contributed by atoms with Crippen LogP contribution in [0, 0.1) is 13.8 Å². The van der Waals surface area contributed by atoms with Gasteiger partial charge in [0.25, 0.3) is 0 Å². The maximum Gasteiger partial charge on any atom is 0.196 e. The average Bonchev–Trinajstić information content (AvgIpc) is 3.05. The van der Waals surface area contributed by atoms with Crippen LogP contribution in [0.1, 0.15) is 17.5 Å². The minimum absolute atomic E-state index is 0.176. The number of hydrogen-bond donors (Lipinski definition) is 0. The molecule has 0 aliphatic heterocycles. The quantitative estimate of drug-likeness (QED) is 0.445. The number of aromatic nitrogens is 4. The molecule has 0 saturated carbocycles. The van der Waals surface area contributed by atoms with Crippen molar-refractivity contribution in [3.8, 4) is 17.1 Å². The molecule has 0 saturated heterocycles. The molecule has 3 aromatic rings. The summed E-state index contributed by atoms with van der Waals surface area (Å²) in [5.74, 6) is 1.58. The molecule has 2 heterocycles. The average molecular weight is 403 g/mol. The molecule has 0 bridgehead atoms. The van der Waals surface area contributed by atoms with E-state index in [1.165, 1.54) is 29.1 Å². The number of nitrogens with zero attached hydrogens (tertiary/aromatic N) is 4. The van der Waals surface area contributed by atoms with Gasteiger partial charge in [0.1, 0.15) is 9.84 Å². The lowest BCUT2D eigenvalue weighted by atomic mass is 10.1. The van der Waals surface area contributed by atoms with E-state index in [1.54, 1.807) is 12.4 Å². The molecule has 1 aromatic carbocycles. The van der Waals surface area contributed by atoms with Gasteiger partial charge in [-0.1, -0.05) is 17.8 Å². The number of rotatable bonds is 7. The Labute approximate surface area is 164 Å². The topological polar surface area (TPSA) is 77.7 Å². The molecule has 0 N–H and O–H groups in total. The molecule has 0 aliphatic carbocycles. The maximum atomic E-state index is 11.3. The summed E-state index contributed by atoms with van der Waals surface area (Å²) in [6, 6.07) is 10.1. The fourth-order valence-electron chi connectivity index (χ4n) is 2.63. The third-order valence-electron chi connectivity index (χ3n) is 4.21. The highest BCUT2D eigenvalue weighted by Crippen LogP contribution is 2.29. The van der Waals surface area contributed by atoms with Gasteiger partial charge < -0.3 is 0 Å². The lowest BCUT2D eigenvalue weighted by molar-refractivity contribution is 0.600. The second-order valence-corrected chi connectivity index (χ2v) is 9.80. The van der Waals surface area contributed by atoms with E-state index in [4.69, 9.17) is 0 Å². The van der Waals surface area contributed by atoms with Crippen LogP contribution in [0.15, 0.2) is 47.9 Å². The fraction of sp³-hybridized carbons (Fsp3) is 0.316. The lowest BCUT2D eigenvalue weighted by Crippen LogP contribution is -2.05. The Bertz CT molecular complexity index is 1030. The van der Waals surface area contributed by atoms with Gasteiger partial charge in [0, 0.05) is 30.0 Å². The van der Waals surface area contributed by atoms with Crippen LogP contribution in [0.4, 0.5) is 0 Å². The molecular weight excluding hydrogens is 380 g/mol. The lowest BCUT2D eigenvalue weighted by Gasteiger charge is -2.12. The zero-order chi connectivity index (χ0) is 19.4. The molecule has 0 unspecified atom stereocenters. The molecule has 0 aliphatic rings. The van der Waals surface area contributed by atoms with Gasteiger partial charge in [-0.05, 0) is 55.7 Å². The summed E-state index contributed by atoms with van der Waals surface area (Å²) in [4.78, 5) is 4.07. The van der Waals surface area contributed by atoms with Crippen LogP contribution in [0.25, 0.3) is 17.1 Å². The Morgan fingerprint density at radius 3 is 2.44 bits per heavy atom. The van der Waals surface area contributed by atoms with Crippen LogP contribution in [0.2, 0.25) is 0 Å². The van der Waals surface area contributed by atoms with Crippen LogP contribution >= 0.6 is 11.8 Å². The van der Waals surface area contributed by atoms with Crippen LogP contribution in [-0.4, -0.2) is 45.9 Å². The van der Waals surface area contributed by atoms with Crippen molar-refractivity contribution >= 4 is 21.6 Å². The minimum Gasteiger partial charge on any atom is -0.270 e. The molecule has 142 valence electrons. The molecule has 2 aromatic heterocycles. The van der Waals surface area contributed by atoms with E-state index in [0.717, 1.165) is 22.2 Å². The molecule has 0 spiro atoms. The first kappa shape index (κ1) is 19.6. The Balaban J connectivity index is 1.96. The first-order valence-corrected chi connectivity index (χ1v) is 11.6. The van der Waals surface area contributed by atoms with Gasteiger partial charge in [-0.3, -0.25) is 9.55 Å². The number of benzene rings is 1. The molecule has 0 fully saturated rings. The van der Waals surface area contributed by atoms with Gasteiger partial charge in [-0.2, -0.15) is 0 Å². The van der Waals surface area contributed by atoms with E-state index >= 15 is 0 Å². The Hall–Kier alpha value is -2.19. The summed E-state index contributed by atoms with van der Waals surface area (Å²) < 4.78 is 24.7. The zero-order valence-corrected chi connectivity index (χ0v) is 17.2. The molecule has 0 amide bonds. The molecule has 0 radical (unpaired) electrons. The molecule has 6 nitrogen and oxygen atoms in total. The van der Waals surface area contributed by atoms with Crippen LogP contribution in [0.5, 0.6) is 0 Å². The fourth-order valence-corrected chi connectivity index (χ4v) is 4.38. The third kappa shape index (κ3) is 4.95. The molecule has 8 heteroatoms. The van der Waals surface area contributed by atoms with Gasteiger partial charge in [-0.15, -0.1) is 10.2 Å². The summed E-state index contributed by atoms with van der Waals surface area (Å²) in [5.41, 5.74) is 4.33. The van der Waals surface area contributed by atoms with Crippen molar-refractivity contribution < 1.29 is 8.42 Å². The number of thioether (sulfide) groups is 1. The van der Waals surface area contributed by atoms with Gasteiger partial charge in [0.2, 0.25) is 0 Å². The van der Waals surface area contributed by atoms with Crippen molar-refractivity contribution in [2.75, 3.05) is 17.8 Å². The SMILES string of the molecule is Cc1ccc(-n2c(SCCCS(C)(=O)=O)nnc2-c2ccncc2)cc1C. The molecule has 3 rings (SSSR count). The third-order valence-corrected chi connectivity index (χ3v) is 6.26. The van der Waals surface area contributed by atoms with Crippen LogP contribution < -0.4 is 0 Å². The summed E-state index contributed by atoms with van der Waals surface area (Å²) >= 11 is 1.52. The molecular formula is C19H22N4O2S2. The first-order chi connectivity index (χ1) is 12.8. The predicted molar refractivity (Wildman–Crippen MR) is 109 cm³/mol. The summed E-state index contributed by atoms with van der Waals surface area (Å²) in [6.45, 7) is 4.16. The normalized spacial score (nSPS) is 11.7. The van der Waals surface area contributed by atoms with Crippen molar-refractivity contribution in [3.63, 3.8) is 0 Å². The number of pyridine rings is 1. The number of hydrogen-bond acceptors (Lipinski definition) is 6. The van der Waals surface area contributed by atoms with Crippen molar-refractivity contribution in [1.29, 1.82) is 0 Å². The van der Waals surface area contributed by atoms with Gasteiger partial charge in [0.05, 0.1) is 11.4 Å². The van der Waals surface area contributed by atoms with Crippen LogP contribution in [-0.2, 0) is 9.84 Å². The first-order valence-electron chi connectivity index (χ1n) is 8.59. The predicted octanol–water partition coefficient (Wildman–Crippen LogP) is 3.47. The van der Waals surface area contributed by atoms with Gasteiger partial charge in [0.15, 0.2) is 11.0 Å². The van der Waals surface area contributed by atoms with Crippen molar-refractivity contribution in [1.82, 2.24) is 19.7 Å². The second-order valence-electron chi connectivity index (χ2n) is 6.48. The van der Waals surface area contributed by atoms with E-state index < -0.39 is 9.84 Å². The van der Waals surface area contributed by atoms with Crippen LogP contribution in [0.3, 0.4) is 0 Å². The second kappa shape index (κ2) is 8.22. The molecule has 27 heavy (non-hydrogen) atoms. The van der Waals surface area contributed by atoms with E-state index in [2.05, 4.69) is 47.2 Å². The van der Waals surface area contributed by atoms with Crippen molar-refractivity contribution in [3.05, 3.63) is 53.9 Å². The largest absolute Gasteiger partial charge is 0.270 e. The standard InChI is InChI=1S/C19H22N4O2S2/c1-14-5-6-17(13-15(14)2)23-18(16-7-9-20-10-8-16)21-22-19(23)26-11-4-12-27(3,24)25/h5-10,13H,4,11-12H2,1-3H3. The smallest absolute Gasteiger partial charge is 0.196 e. The van der Waals surface area contributed by atoms with Crippen molar-refractivity contribution in [2.45, 2.75) is 25.4 Å². The maximum absolute atomic E-state index is 11.3. The molecule has 0 atom stereocenters. The van der Waals surface area contributed by atoms with E-state index in [9.17, 15) is 8.42 Å². The highest BCUT2D eigenvalue weighted by Gasteiger charge is 2.16. The highest BCUT2D eigenvalue weighted by molar-refractivity contribution is 7.99. The summed E-state index contributed by atoms with van der Waals surface area (Å²) in [7, 11) is -2.95. The monoisotopic (exact) mass is 402 g/mol. The van der Waals surface area contributed by atoms with E-state index in [1.807, 2.05) is 16.7 Å². The minimum atomic E-state index is -2.95. The van der Waals surface area contributed by atoms with Gasteiger partial charge in [-0.25, -0.2) is 8.42 Å². The summed E-state index contributed by atoms with van der Waals surface area (Å²) in [5, 5.41) is 9.50. The summed E-state index contributed by atoms with van der Waals surface area (Å²) in [6.07, 6.45) is 5.30. The van der Waals surface area contributed by atoms with Crippen molar-refractivity contribution in [2.24, 2.45) is 0 Å². The highest BCUT2D eigenvalue weighted by atomic mass is 32.2. The Kier molecular flexibility index (Phi) is 5.96. The Morgan fingerprint density at radius 2 is 1.78 bits per heavy atom. The number of aryl methyl sites for hydroxylation is 2.